The van der Waals surface area contributed by atoms with Gasteiger partial charge in [-0.1, -0.05) is 31.5 Å². The Morgan fingerprint density at radius 3 is 2.52 bits per heavy atom. The molecule has 9 nitrogen and oxygen atoms in total. The fourth-order valence-corrected chi connectivity index (χ4v) is 3.21. The van der Waals surface area contributed by atoms with Crippen molar-refractivity contribution in [1.82, 2.24) is 15.3 Å². The zero-order valence-electron chi connectivity index (χ0n) is 17.9. The van der Waals surface area contributed by atoms with E-state index >= 15 is 0 Å². The summed E-state index contributed by atoms with van der Waals surface area (Å²) in [6.07, 6.45) is 3.15. The molecule has 2 amide bonds. The summed E-state index contributed by atoms with van der Waals surface area (Å²) in [5.41, 5.74) is 3.98. The number of carbonyl (C=O) groups is 2. The lowest BCUT2D eigenvalue weighted by Crippen LogP contribution is -2.48. The van der Waals surface area contributed by atoms with Gasteiger partial charge in [-0.05, 0) is 48.4 Å². The number of halogens is 1. The molecule has 2 N–H and O–H groups in total. The molecule has 170 valence electrons. The highest BCUT2D eigenvalue weighted by Crippen LogP contribution is 2.18. The van der Waals surface area contributed by atoms with Crippen LogP contribution in [0.4, 0.5) is 5.69 Å². The van der Waals surface area contributed by atoms with Crippen LogP contribution in [0.25, 0.3) is 5.69 Å². The Morgan fingerprint density at radius 2 is 1.85 bits per heavy atom. The molecule has 10 heteroatoms. The monoisotopic (exact) mass is 467 g/mol. The summed E-state index contributed by atoms with van der Waals surface area (Å²) in [5.74, 6) is -1.06. The Bertz CT molecular complexity index is 1190. The number of aromatic nitrogens is 1. The maximum absolute atomic E-state index is 12.7. The molecule has 0 bridgehead atoms. The van der Waals surface area contributed by atoms with Crippen LogP contribution in [0.1, 0.15) is 29.9 Å². The standard InChI is InChI=1S/C23H22ClN5O4/c1-15(2)21(26-22(30)16-8-10-17(24)11-9-16)23(31)27-25-14-20-7-4-12-28(20)18-5-3-6-19(13-18)29(32)33/h3-15,21H,1-2H3,(H,26,30)(H,27,31)/b25-14-. The molecule has 0 saturated carbocycles. The molecular formula is C23H22ClN5O4. The second-order valence-corrected chi connectivity index (χ2v) is 7.95. The molecular weight excluding hydrogens is 446 g/mol. The van der Waals surface area contributed by atoms with Crippen molar-refractivity contribution in [3.05, 3.63) is 93.3 Å². The third-order valence-corrected chi connectivity index (χ3v) is 5.06. The number of nitrogens with zero attached hydrogens (tertiary/aromatic N) is 3. The van der Waals surface area contributed by atoms with Gasteiger partial charge in [-0.25, -0.2) is 5.43 Å². The molecule has 0 saturated heterocycles. The zero-order valence-corrected chi connectivity index (χ0v) is 18.7. The molecule has 33 heavy (non-hydrogen) atoms. The van der Waals surface area contributed by atoms with Gasteiger partial charge in [0.1, 0.15) is 6.04 Å². The first-order chi connectivity index (χ1) is 15.8. The Kier molecular flexibility index (Phi) is 7.57. The number of hydrogen-bond acceptors (Lipinski definition) is 5. The summed E-state index contributed by atoms with van der Waals surface area (Å²) >= 11 is 5.85. The number of hydrazone groups is 1. The summed E-state index contributed by atoms with van der Waals surface area (Å²) in [7, 11) is 0. The van der Waals surface area contributed by atoms with E-state index in [9.17, 15) is 19.7 Å². The van der Waals surface area contributed by atoms with Crippen LogP contribution >= 0.6 is 11.6 Å². The summed E-state index contributed by atoms with van der Waals surface area (Å²) in [6, 6.07) is 15.2. The quantitative estimate of drug-likeness (QED) is 0.296. The van der Waals surface area contributed by atoms with E-state index in [1.165, 1.54) is 18.3 Å². The second kappa shape index (κ2) is 10.6. The van der Waals surface area contributed by atoms with E-state index in [-0.39, 0.29) is 11.6 Å². The van der Waals surface area contributed by atoms with Crippen LogP contribution in [-0.2, 0) is 4.79 Å². The van der Waals surface area contributed by atoms with E-state index in [0.717, 1.165) is 0 Å². The van der Waals surface area contributed by atoms with Gasteiger partial charge in [0.05, 0.1) is 22.5 Å². The van der Waals surface area contributed by atoms with E-state index in [1.54, 1.807) is 59.3 Å². The molecule has 0 aliphatic heterocycles. The van der Waals surface area contributed by atoms with Gasteiger partial charge in [-0.3, -0.25) is 19.7 Å². The topological polar surface area (TPSA) is 119 Å². The minimum absolute atomic E-state index is 0.0337. The van der Waals surface area contributed by atoms with Crippen molar-refractivity contribution in [1.29, 1.82) is 0 Å². The van der Waals surface area contributed by atoms with Gasteiger partial charge in [0.25, 0.3) is 17.5 Å². The Balaban J connectivity index is 1.69. The predicted molar refractivity (Wildman–Crippen MR) is 126 cm³/mol. The third kappa shape index (κ3) is 6.05. The molecule has 1 aromatic heterocycles. The average Bonchev–Trinajstić information content (AvgIpc) is 3.26. The fourth-order valence-electron chi connectivity index (χ4n) is 3.08. The van der Waals surface area contributed by atoms with Crippen molar-refractivity contribution in [2.75, 3.05) is 0 Å². The smallest absolute Gasteiger partial charge is 0.271 e. The molecule has 0 aliphatic carbocycles. The summed E-state index contributed by atoms with van der Waals surface area (Å²) in [5, 5.41) is 18.3. The van der Waals surface area contributed by atoms with E-state index in [0.29, 0.717) is 22.0 Å². The Labute approximate surface area is 195 Å². The molecule has 3 aromatic rings. The van der Waals surface area contributed by atoms with Crippen LogP contribution in [0.15, 0.2) is 72.0 Å². The SMILES string of the molecule is CC(C)C(NC(=O)c1ccc(Cl)cc1)C(=O)N/N=C\c1cccn1-c1cccc([N+](=O)[O-])c1. The highest BCUT2D eigenvalue weighted by molar-refractivity contribution is 6.30. The molecule has 3 rings (SSSR count). The minimum atomic E-state index is -0.811. The average molecular weight is 468 g/mol. The van der Waals surface area contributed by atoms with Crippen molar-refractivity contribution in [2.45, 2.75) is 19.9 Å². The van der Waals surface area contributed by atoms with E-state index in [2.05, 4.69) is 15.8 Å². The van der Waals surface area contributed by atoms with Crippen molar-refractivity contribution in [2.24, 2.45) is 11.0 Å². The lowest BCUT2D eigenvalue weighted by molar-refractivity contribution is -0.384. The van der Waals surface area contributed by atoms with Crippen LogP contribution in [0.3, 0.4) is 0 Å². The van der Waals surface area contributed by atoms with Gasteiger partial charge in [0.2, 0.25) is 0 Å². The molecule has 1 unspecified atom stereocenters. The second-order valence-electron chi connectivity index (χ2n) is 7.52. The van der Waals surface area contributed by atoms with Crippen molar-refractivity contribution in [3.63, 3.8) is 0 Å². The first-order valence-electron chi connectivity index (χ1n) is 10.1. The molecule has 1 atom stereocenters. The van der Waals surface area contributed by atoms with Gasteiger partial charge in [0, 0.05) is 28.9 Å². The highest BCUT2D eigenvalue weighted by Gasteiger charge is 2.24. The normalized spacial score (nSPS) is 12.0. The lowest BCUT2D eigenvalue weighted by atomic mass is 10.0. The van der Waals surface area contributed by atoms with Crippen LogP contribution in [-0.4, -0.2) is 33.6 Å². The Morgan fingerprint density at radius 1 is 1.12 bits per heavy atom. The van der Waals surface area contributed by atoms with E-state index in [4.69, 9.17) is 11.6 Å². The molecule has 1 heterocycles. The fraction of sp³-hybridized carbons (Fsp3) is 0.174. The summed E-state index contributed by atoms with van der Waals surface area (Å²) in [6.45, 7) is 3.62. The largest absolute Gasteiger partial charge is 0.340 e. The Hall–Kier alpha value is -3.98. The number of amides is 2. The molecule has 0 radical (unpaired) electrons. The maximum Gasteiger partial charge on any atom is 0.271 e. The van der Waals surface area contributed by atoms with Crippen molar-refractivity contribution >= 4 is 35.3 Å². The number of nitrogens with one attached hydrogen (secondary N) is 2. The van der Waals surface area contributed by atoms with Gasteiger partial charge >= 0.3 is 0 Å². The van der Waals surface area contributed by atoms with Crippen molar-refractivity contribution < 1.29 is 14.5 Å². The summed E-state index contributed by atoms with van der Waals surface area (Å²) in [4.78, 5) is 35.7. The minimum Gasteiger partial charge on any atom is -0.340 e. The van der Waals surface area contributed by atoms with Crippen LogP contribution in [0, 0.1) is 16.0 Å². The van der Waals surface area contributed by atoms with Gasteiger partial charge < -0.3 is 9.88 Å². The van der Waals surface area contributed by atoms with Gasteiger partial charge in [-0.2, -0.15) is 5.10 Å². The van der Waals surface area contributed by atoms with Crippen LogP contribution < -0.4 is 10.7 Å². The number of nitro benzene ring substituents is 1. The van der Waals surface area contributed by atoms with Crippen LogP contribution in [0.2, 0.25) is 5.02 Å². The first kappa shape index (κ1) is 23.7. The van der Waals surface area contributed by atoms with E-state index in [1.807, 2.05) is 13.8 Å². The molecule has 0 aliphatic rings. The molecule has 2 aromatic carbocycles. The number of hydrogen-bond donors (Lipinski definition) is 2. The zero-order chi connectivity index (χ0) is 24.0. The van der Waals surface area contributed by atoms with E-state index < -0.39 is 22.8 Å². The van der Waals surface area contributed by atoms with Gasteiger partial charge in [0.15, 0.2) is 0 Å². The number of non-ortho nitro benzene ring substituents is 1. The van der Waals surface area contributed by atoms with Gasteiger partial charge in [-0.15, -0.1) is 0 Å². The highest BCUT2D eigenvalue weighted by atomic mass is 35.5. The van der Waals surface area contributed by atoms with Crippen LogP contribution in [0.5, 0.6) is 0 Å². The third-order valence-electron chi connectivity index (χ3n) is 4.81. The van der Waals surface area contributed by atoms with Crippen molar-refractivity contribution in [3.8, 4) is 5.69 Å². The number of benzene rings is 2. The maximum atomic E-state index is 12.7. The number of carbonyl (C=O) groups excluding carboxylic acids is 2. The predicted octanol–water partition coefficient (Wildman–Crippen LogP) is 3.94. The number of nitro groups is 1. The molecule has 0 fully saturated rings. The number of rotatable bonds is 8. The lowest BCUT2D eigenvalue weighted by Gasteiger charge is -2.20. The first-order valence-corrected chi connectivity index (χ1v) is 10.5. The summed E-state index contributed by atoms with van der Waals surface area (Å²) < 4.78 is 1.70. The molecule has 0 spiro atoms.